The Balaban J connectivity index is 1.76. The lowest BCUT2D eigenvalue weighted by molar-refractivity contribution is 0.193. The van der Waals surface area contributed by atoms with Crippen molar-refractivity contribution in [2.45, 2.75) is 44.6 Å². The van der Waals surface area contributed by atoms with Crippen LogP contribution in [0.2, 0.25) is 0 Å². The van der Waals surface area contributed by atoms with Crippen LogP contribution in [0.5, 0.6) is 0 Å². The van der Waals surface area contributed by atoms with Gasteiger partial charge in [-0.3, -0.25) is 0 Å². The maximum absolute atomic E-state index is 5.62. The quantitative estimate of drug-likeness (QED) is 0.878. The normalized spacial score (nSPS) is 18.1. The lowest BCUT2D eigenvalue weighted by Gasteiger charge is -2.30. The third-order valence-electron chi connectivity index (χ3n) is 3.49. The minimum Gasteiger partial charge on any atom is -0.375 e. The molecule has 1 heterocycles. The minimum atomic E-state index is 0.690. The highest BCUT2D eigenvalue weighted by atomic mass is 32.1. The highest BCUT2D eigenvalue weighted by Crippen LogP contribution is 2.21. The van der Waals surface area contributed by atoms with Gasteiger partial charge in [-0.2, -0.15) is 0 Å². The number of likely N-dealkylation sites (N-methyl/N-ethyl adjacent to an activating group) is 1. The summed E-state index contributed by atoms with van der Waals surface area (Å²) >= 11 is 1.54. The molecule has 1 aliphatic rings. The molecule has 90 valence electrons. The molecule has 1 saturated carbocycles. The van der Waals surface area contributed by atoms with Crippen molar-refractivity contribution in [2.24, 2.45) is 0 Å². The van der Waals surface area contributed by atoms with Crippen LogP contribution >= 0.6 is 11.3 Å². The molecule has 1 aromatic heterocycles. The van der Waals surface area contributed by atoms with Crippen molar-refractivity contribution in [1.29, 1.82) is 0 Å². The maximum Gasteiger partial charge on any atom is 0.180 e. The molecule has 0 spiro atoms. The smallest absolute Gasteiger partial charge is 0.180 e. The minimum absolute atomic E-state index is 0.690. The van der Waals surface area contributed by atoms with E-state index < -0.39 is 0 Å². The summed E-state index contributed by atoms with van der Waals surface area (Å²) in [6.07, 6.45) is 8.00. The molecule has 1 fully saturated rings. The van der Waals surface area contributed by atoms with E-state index >= 15 is 0 Å². The van der Waals surface area contributed by atoms with Gasteiger partial charge in [0.15, 0.2) is 5.13 Å². The SMILES string of the molecule is CN(CCc1csc(N)n1)C1CCCCC1. The lowest BCUT2D eigenvalue weighted by atomic mass is 9.94. The number of hydrogen-bond donors (Lipinski definition) is 1. The summed E-state index contributed by atoms with van der Waals surface area (Å²) in [7, 11) is 2.24. The Hall–Kier alpha value is -0.610. The van der Waals surface area contributed by atoms with E-state index in [4.69, 9.17) is 5.73 Å². The van der Waals surface area contributed by atoms with Crippen molar-refractivity contribution in [2.75, 3.05) is 19.3 Å². The number of rotatable bonds is 4. The average molecular weight is 239 g/mol. The topological polar surface area (TPSA) is 42.1 Å². The van der Waals surface area contributed by atoms with Gasteiger partial charge in [0.1, 0.15) is 0 Å². The number of hydrogen-bond acceptors (Lipinski definition) is 4. The summed E-state index contributed by atoms with van der Waals surface area (Å²) in [5.74, 6) is 0. The Kier molecular flexibility index (Phi) is 4.18. The first-order valence-corrected chi connectivity index (χ1v) is 7.04. The summed E-state index contributed by atoms with van der Waals surface area (Å²) in [5, 5.41) is 2.76. The fourth-order valence-corrected chi connectivity index (χ4v) is 3.03. The van der Waals surface area contributed by atoms with Gasteiger partial charge < -0.3 is 10.6 Å². The number of anilines is 1. The van der Waals surface area contributed by atoms with Gasteiger partial charge in [-0.15, -0.1) is 11.3 Å². The number of nitrogen functional groups attached to an aromatic ring is 1. The first-order chi connectivity index (χ1) is 7.75. The standard InChI is InChI=1S/C12H21N3S/c1-15(11-5-3-2-4-6-11)8-7-10-9-16-12(13)14-10/h9,11H,2-8H2,1H3,(H2,13,14). The molecule has 0 radical (unpaired) electrons. The molecule has 2 N–H and O–H groups in total. The van der Waals surface area contributed by atoms with Gasteiger partial charge in [-0.1, -0.05) is 19.3 Å². The average Bonchev–Trinajstić information content (AvgIpc) is 2.73. The van der Waals surface area contributed by atoms with Gasteiger partial charge in [0.05, 0.1) is 5.69 Å². The van der Waals surface area contributed by atoms with Crippen molar-refractivity contribution < 1.29 is 0 Å². The third-order valence-corrected chi connectivity index (χ3v) is 4.21. The predicted molar refractivity (Wildman–Crippen MR) is 69.7 cm³/mol. The molecule has 4 heteroatoms. The molecule has 0 aromatic carbocycles. The Labute approximate surface area is 102 Å². The van der Waals surface area contributed by atoms with Crippen molar-refractivity contribution in [3.05, 3.63) is 11.1 Å². The van der Waals surface area contributed by atoms with E-state index in [9.17, 15) is 0 Å². The van der Waals surface area contributed by atoms with Crippen LogP contribution in [0, 0.1) is 0 Å². The van der Waals surface area contributed by atoms with E-state index in [1.54, 1.807) is 0 Å². The lowest BCUT2D eigenvalue weighted by Crippen LogP contribution is -2.34. The van der Waals surface area contributed by atoms with Crippen molar-refractivity contribution >= 4 is 16.5 Å². The zero-order valence-electron chi connectivity index (χ0n) is 9.98. The molecule has 0 unspecified atom stereocenters. The van der Waals surface area contributed by atoms with Crippen molar-refractivity contribution in [3.63, 3.8) is 0 Å². The second-order valence-corrected chi connectivity index (χ2v) is 5.59. The van der Waals surface area contributed by atoms with Gasteiger partial charge in [-0.25, -0.2) is 4.98 Å². The summed E-state index contributed by atoms with van der Waals surface area (Å²) in [5.41, 5.74) is 6.77. The molecule has 1 aliphatic carbocycles. The van der Waals surface area contributed by atoms with Crippen LogP contribution in [0.3, 0.4) is 0 Å². The molecule has 1 aromatic rings. The van der Waals surface area contributed by atoms with Crippen molar-refractivity contribution in [1.82, 2.24) is 9.88 Å². The fraction of sp³-hybridized carbons (Fsp3) is 0.750. The van der Waals surface area contributed by atoms with Gasteiger partial charge in [0, 0.05) is 24.4 Å². The highest BCUT2D eigenvalue weighted by Gasteiger charge is 2.17. The van der Waals surface area contributed by atoms with Crippen LogP contribution in [-0.2, 0) is 6.42 Å². The molecule has 0 atom stereocenters. The molecule has 0 saturated heterocycles. The molecular formula is C12H21N3S. The van der Waals surface area contributed by atoms with Crippen LogP contribution in [-0.4, -0.2) is 29.5 Å². The largest absolute Gasteiger partial charge is 0.375 e. The van der Waals surface area contributed by atoms with Gasteiger partial charge in [0.25, 0.3) is 0 Å². The van der Waals surface area contributed by atoms with E-state index in [2.05, 4.69) is 22.3 Å². The number of nitrogens with two attached hydrogens (primary N) is 1. The molecule has 3 nitrogen and oxygen atoms in total. The van der Waals surface area contributed by atoms with E-state index in [0.29, 0.717) is 5.13 Å². The van der Waals surface area contributed by atoms with Crippen LogP contribution in [0.25, 0.3) is 0 Å². The molecular weight excluding hydrogens is 218 g/mol. The van der Waals surface area contributed by atoms with E-state index in [-0.39, 0.29) is 0 Å². The maximum atomic E-state index is 5.62. The summed E-state index contributed by atoms with van der Waals surface area (Å²) in [4.78, 5) is 6.79. The Morgan fingerprint density at radius 2 is 2.19 bits per heavy atom. The van der Waals surface area contributed by atoms with E-state index in [1.807, 2.05) is 0 Å². The number of aromatic nitrogens is 1. The Morgan fingerprint density at radius 1 is 1.44 bits per heavy atom. The highest BCUT2D eigenvalue weighted by molar-refractivity contribution is 7.13. The van der Waals surface area contributed by atoms with Gasteiger partial charge >= 0.3 is 0 Å². The summed E-state index contributed by atoms with van der Waals surface area (Å²) < 4.78 is 0. The monoisotopic (exact) mass is 239 g/mol. The van der Waals surface area contributed by atoms with E-state index in [0.717, 1.165) is 24.7 Å². The summed E-state index contributed by atoms with van der Waals surface area (Å²) in [6, 6.07) is 0.796. The molecule has 0 aliphatic heterocycles. The Morgan fingerprint density at radius 3 is 2.81 bits per heavy atom. The first kappa shape index (κ1) is 11.9. The van der Waals surface area contributed by atoms with E-state index in [1.165, 1.54) is 43.4 Å². The van der Waals surface area contributed by atoms with Crippen LogP contribution in [0.1, 0.15) is 37.8 Å². The molecule has 0 bridgehead atoms. The third kappa shape index (κ3) is 3.19. The van der Waals surface area contributed by atoms with Crippen LogP contribution in [0.4, 0.5) is 5.13 Å². The van der Waals surface area contributed by atoms with Crippen LogP contribution < -0.4 is 5.73 Å². The second kappa shape index (κ2) is 5.64. The van der Waals surface area contributed by atoms with Crippen LogP contribution in [0.15, 0.2) is 5.38 Å². The number of nitrogens with zero attached hydrogens (tertiary/aromatic N) is 2. The predicted octanol–water partition coefficient (Wildman–Crippen LogP) is 2.53. The van der Waals surface area contributed by atoms with Crippen molar-refractivity contribution in [3.8, 4) is 0 Å². The number of thiazole rings is 1. The zero-order valence-corrected chi connectivity index (χ0v) is 10.8. The fourth-order valence-electron chi connectivity index (χ4n) is 2.43. The second-order valence-electron chi connectivity index (χ2n) is 4.70. The Bertz CT molecular complexity index is 318. The van der Waals surface area contributed by atoms with Gasteiger partial charge in [0.2, 0.25) is 0 Å². The molecule has 0 amide bonds. The molecule has 16 heavy (non-hydrogen) atoms. The molecule has 2 rings (SSSR count). The zero-order chi connectivity index (χ0) is 11.4. The van der Waals surface area contributed by atoms with Gasteiger partial charge in [-0.05, 0) is 19.9 Å². The first-order valence-electron chi connectivity index (χ1n) is 6.16. The summed E-state index contributed by atoms with van der Waals surface area (Å²) in [6.45, 7) is 1.10.